The van der Waals surface area contributed by atoms with E-state index in [4.69, 9.17) is 4.52 Å². The summed E-state index contributed by atoms with van der Waals surface area (Å²) in [7, 11) is -3.52. The van der Waals surface area contributed by atoms with Crippen LogP contribution in [0.1, 0.15) is 44.0 Å². The molecule has 3 rings (SSSR count). The van der Waals surface area contributed by atoms with Crippen molar-refractivity contribution in [2.45, 2.75) is 39.2 Å². The molecule has 0 aliphatic carbocycles. The molecule has 1 aliphatic rings. The molecule has 9 heteroatoms. The summed E-state index contributed by atoms with van der Waals surface area (Å²) in [6.07, 6.45) is 2.51. The normalized spacial score (nSPS) is 16.9. The van der Waals surface area contributed by atoms with Crippen molar-refractivity contribution in [3.05, 3.63) is 53.0 Å². The van der Waals surface area contributed by atoms with Gasteiger partial charge in [0, 0.05) is 31.3 Å². The molecule has 1 N–H and O–H groups in total. The standard InChI is InChI=1S/C20H26N4O4S/c1-15-21-19(23-28-15)20(2,3)22-18(25)17-9-12-24(13-10-17)29(26,27)14-11-16-7-5-4-6-8-16/h4-8,11,14,17H,9-10,12-13H2,1-3H3,(H,22,25)/b14-11+. The van der Waals surface area contributed by atoms with E-state index in [1.807, 2.05) is 44.2 Å². The van der Waals surface area contributed by atoms with Crippen LogP contribution in [-0.4, -0.2) is 41.9 Å². The molecule has 0 unspecified atom stereocenters. The number of amides is 1. The Balaban J connectivity index is 1.57. The minimum atomic E-state index is -3.52. The number of hydrogen-bond donors (Lipinski definition) is 1. The summed E-state index contributed by atoms with van der Waals surface area (Å²) in [5.74, 6) is 0.458. The van der Waals surface area contributed by atoms with Crippen LogP contribution in [0, 0.1) is 12.8 Å². The predicted molar refractivity (Wildman–Crippen MR) is 109 cm³/mol. The number of carbonyl (C=O) groups is 1. The van der Waals surface area contributed by atoms with E-state index in [1.54, 1.807) is 13.0 Å². The third-order valence-corrected chi connectivity index (χ3v) is 6.50. The van der Waals surface area contributed by atoms with Gasteiger partial charge in [-0.05, 0) is 38.3 Å². The van der Waals surface area contributed by atoms with Crippen LogP contribution in [0.15, 0.2) is 40.3 Å². The Hall–Kier alpha value is -2.52. The Morgan fingerprint density at radius 2 is 1.90 bits per heavy atom. The molecule has 1 fully saturated rings. The fraction of sp³-hybridized carbons (Fsp3) is 0.450. The molecule has 1 aromatic heterocycles. The highest BCUT2D eigenvalue weighted by Crippen LogP contribution is 2.24. The summed E-state index contributed by atoms with van der Waals surface area (Å²) in [4.78, 5) is 16.9. The van der Waals surface area contributed by atoms with E-state index in [0.717, 1.165) is 5.56 Å². The van der Waals surface area contributed by atoms with Gasteiger partial charge in [-0.2, -0.15) is 9.29 Å². The molecular weight excluding hydrogens is 392 g/mol. The zero-order chi connectivity index (χ0) is 21.1. The summed E-state index contributed by atoms with van der Waals surface area (Å²) >= 11 is 0. The number of nitrogens with one attached hydrogen (secondary N) is 1. The van der Waals surface area contributed by atoms with Crippen LogP contribution in [0.2, 0.25) is 0 Å². The summed E-state index contributed by atoms with van der Waals surface area (Å²) in [5, 5.41) is 8.06. The number of sulfonamides is 1. The van der Waals surface area contributed by atoms with E-state index >= 15 is 0 Å². The summed E-state index contributed by atoms with van der Waals surface area (Å²) in [6.45, 7) is 5.92. The lowest BCUT2D eigenvalue weighted by Gasteiger charge is -2.32. The van der Waals surface area contributed by atoms with E-state index < -0.39 is 15.6 Å². The van der Waals surface area contributed by atoms with Gasteiger partial charge in [0.05, 0.1) is 5.54 Å². The first-order valence-corrected chi connectivity index (χ1v) is 11.0. The van der Waals surface area contributed by atoms with Crippen LogP contribution in [0.5, 0.6) is 0 Å². The maximum atomic E-state index is 12.7. The highest BCUT2D eigenvalue weighted by atomic mass is 32.2. The SMILES string of the molecule is Cc1nc(C(C)(C)NC(=O)C2CCN(S(=O)(=O)/C=C/c3ccccc3)CC2)no1. The number of aromatic nitrogens is 2. The molecular formula is C20H26N4O4S. The fourth-order valence-electron chi connectivity index (χ4n) is 3.21. The number of carbonyl (C=O) groups excluding carboxylic acids is 1. The highest BCUT2D eigenvalue weighted by Gasteiger charge is 2.34. The van der Waals surface area contributed by atoms with Crippen molar-refractivity contribution >= 4 is 22.0 Å². The number of rotatable bonds is 6. The second-order valence-corrected chi connectivity index (χ2v) is 9.50. The van der Waals surface area contributed by atoms with Gasteiger partial charge in [-0.3, -0.25) is 4.79 Å². The molecule has 0 bridgehead atoms. The molecule has 8 nitrogen and oxygen atoms in total. The monoisotopic (exact) mass is 418 g/mol. The molecule has 1 aliphatic heterocycles. The van der Waals surface area contributed by atoms with E-state index in [2.05, 4.69) is 15.5 Å². The first-order chi connectivity index (χ1) is 13.7. The average Bonchev–Trinajstić information content (AvgIpc) is 3.14. The third-order valence-electron chi connectivity index (χ3n) is 4.94. The van der Waals surface area contributed by atoms with Gasteiger partial charge < -0.3 is 9.84 Å². The van der Waals surface area contributed by atoms with Gasteiger partial charge in [0.25, 0.3) is 0 Å². The largest absolute Gasteiger partial charge is 0.344 e. The van der Waals surface area contributed by atoms with Crippen molar-refractivity contribution in [1.82, 2.24) is 19.8 Å². The smallest absolute Gasteiger partial charge is 0.236 e. The lowest BCUT2D eigenvalue weighted by atomic mass is 9.95. The van der Waals surface area contributed by atoms with Gasteiger partial charge in [0.2, 0.25) is 21.8 Å². The first-order valence-electron chi connectivity index (χ1n) is 9.53. The number of benzene rings is 1. The maximum absolute atomic E-state index is 12.7. The number of nitrogens with zero attached hydrogens (tertiary/aromatic N) is 3. The third kappa shape index (κ3) is 5.30. The van der Waals surface area contributed by atoms with Gasteiger partial charge >= 0.3 is 0 Å². The Bertz CT molecular complexity index is 975. The lowest BCUT2D eigenvalue weighted by Crippen LogP contribution is -2.48. The van der Waals surface area contributed by atoms with E-state index in [-0.39, 0.29) is 11.8 Å². The van der Waals surface area contributed by atoms with Gasteiger partial charge in [0.1, 0.15) is 0 Å². The van der Waals surface area contributed by atoms with Gasteiger partial charge in [-0.1, -0.05) is 35.5 Å². The molecule has 156 valence electrons. The highest BCUT2D eigenvalue weighted by molar-refractivity contribution is 7.92. The molecule has 0 radical (unpaired) electrons. The van der Waals surface area contributed by atoms with Crippen LogP contribution in [0.4, 0.5) is 0 Å². The lowest BCUT2D eigenvalue weighted by molar-refractivity contribution is -0.128. The van der Waals surface area contributed by atoms with Crippen molar-refractivity contribution in [3.63, 3.8) is 0 Å². The Kier molecular flexibility index (Phi) is 6.18. The molecule has 2 aromatic rings. The van der Waals surface area contributed by atoms with E-state index in [0.29, 0.717) is 37.6 Å². The molecule has 0 saturated carbocycles. The van der Waals surface area contributed by atoms with E-state index in [9.17, 15) is 13.2 Å². The first kappa shape index (κ1) is 21.2. The zero-order valence-electron chi connectivity index (χ0n) is 16.8. The van der Waals surface area contributed by atoms with Gasteiger partial charge in [0.15, 0.2) is 5.82 Å². The number of hydrogen-bond acceptors (Lipinski definition) is 6. The molecule has 0 atom stereocenters. The average molecular weight is 419 g/mol. The quantitative estimate of drug-likeness (QED) is 0.772. The number of aryl methyl sites for hydroxylation is 1. The van der Waals surface area contributed by atoms with Crippen molar-refractivity contribution in [2.75, 3.05) is 13.1 Å². The minimum absolute atomic E-state index is 0.130. The number of piperidine rings is 1. The van der Waals surface area contributed by atoms with Crippen LogP contribution >= 0.6 is 0 Å². The van der Waals surface area contributed by atoms with Crippen molar-refractivity contribution in [3.8, 4) is 0 Å². The van der Waals surface area contributed by atoms with Gasteiger partial charge in [-0.15, -0.1) is 0 Å². The summed E-state index contributed by atoms with van der Waals surface area (Å²) in [6, 6.07) is 9.27. The second-order valence-electron chi connectivity index (χ2n) is 7.68. The topological polar surface area (TPSA) is 105 Å². The van der Waals surface area contributed by atoms with E-state index in [1.165, 1.54) is 9.71 Å². The Morgan fingerprint density at radius 3 is 2.48 bits per heavy atom. The van der Waals surface area contributed by atoms with Crippen LogP contribution < -0.4 is 5.32 Å². The minimum Gasteiger partial charge on any atom is -0.344 e. The summed E-state index contributed by atoms with van der Waals surface area (Å²) < 4.78 is 31.5. The van der Waals surface area contributed by atoms with Crippen molar-refractivity contribution < 1.29 is 17.7 Å². The molecule has 2 heterocycles. The predicted octanol–water partition coefficient (Wildman–Crippen LogP) is 2.44. The second kappa shape index (κ2) is 8.46. The van der Waals surface area contributed by atoms with Crippen LogP contribution in [0.25, 0.3) is 6.08 Å². The molecule has 29 heavy (non-hydrogen) atoms. The van der Waals surface area contributed by atoms with Crippen LogP contribution in [0.3, 0.4) is 0 Å². The Morgan fingerprint density at radius 1 is 1.24 bits per heavy atom. The maximum Gasteiger partial charge on any atom is 0.236 e. The summed E-state index contributed by atoms with van der Waals surface area (Å²) in [5.41, 5.74) is 0.0560. The molecule has 0 spiro atoms. The van der Waals surface area contributed by atoms with Crippen LogP contribution in [-0.2, 0) is 20.4 Å². The molecule has 1 aromatic carbocycles. The Labute approximate surface area is 171 Å². The van der Waals surface area contributed by atoms with Crippen molar-refractivity contribution in [1.29, 1.82) is 0 Å². The zero-order valence-corrected chi connectivity index (χ0v) is 17.6. The van der Waals surface area contributed by atoms with Gasteiger partial charge in [-0.25, -0.2) is 8.42 Å². The molecule has 1 amide bonds. The molecule has 1 saturated heterocycles. The van der Waals surface area contributed by atoms with Crippen molar-refractivity contribution in [2.24, 2.45) is 5.92 Å². The fourth-order valence-corrected chi connectivity index (χ4v) is 4.43.